The van der Waals surface area contributed by atoms with Gasteiger partial charge in [-0.3, -0.25) is 0 Å². The summed E-state index contributed by atoms with van der Waals surface area (Å²) in [4.78, 5) is 7.71. The number of fused-ring (bicyclic) bond motifs is 5. The molecule has 1 atom stereocenters. The van der Waals surface area contributed by atoms with Gasteiger partial charge >= 0.3 is 5.16 Å². The lowest BCUT2D eigenvalue weighted by Gasteiger charge is -2.10. The van der Waals surface area contributed by atoms with E-state index in [0.717, 1.165) is 27.8 Å². The number of aryl methyl sites for hydroxylation is 2. The van der Waals surface area contributed by atoms with E-state index in [1.807, 2.05) is 23.1 Å². The molecule has 3 nitrogen and oxygen atoms in total. The molecule has 1 aliphatic heterocycles. The standard InChI is InChI=1S/C15H18IN2OS2.HI/c1-2-20-15-17-13-12(10-5-3-4-6-11(10)21-13)14-18(15)8-9(7-16)19-14;/h9H,2-8H2,1H3;1H/q+1;/p-1. The van der Waals surface area contributed by atoms with Crippen molar-refractivity contribution < 1.29 is 33.3 Å². The third-order valence-corrected chi connectivity index (χ3v) is 7.18. The van der Waals surface area contributed by atoms with E-state index < -0.39 is 0 Å². The molecule has 2 aromatic heterocycles. The quantitative estimate of drug-likeness (QED) is 0.183. The molecule has 0 amide bonds. The van der Waals surface area contributed by atoms with E-state index in [1.165, 1.54) is 41.5 Å². The van der Waals surface area contributed by atoms with Gasteiger partial charge in [0.05, 0.1) is 0 Å². The Morgan fingerprint density at radius 3 is 3.00 bits per heavy atom. The molecule has 22 heavy (non-hydrogen) atoms. The Kier molecular flexibility index (Phi) is 5.77. The summed E-state index contributed by atoms with van der Waals surface area (Å²) in [5.41, 5.74) is 1.53. The first-order chi connectivity index (χ1) is 10.3. The smallest absolute Gasteiger partial charge is 0.363 e. The molecule has 7 heteroatoms. The highest BCUT2D eigenvalue weighted by Gasteiger charge is 2.36. The lowest BCUT2D eigenvalue weighted by Crippen LogP contribution is -3.00. The van der Waals surface area contributed by atoms with E-state index in [0.29, 0.717) is 6.10 Å². The molecule has 0 saturated heterocycles. The Bertz CT molecular complexity index is 705. The van der Waals surface area contributed by atoms with E-state index in [2.05, 4.69) is 34.1 Å². The van der Waals surface area contributed by atoms with Crippen molar-refractivity contribution in [2.75, 3.05) is 10.2 Å². The Morgan fingerprint density at radius 1 is 1.41 bits per heavy atom. The summed E-state index contributed by atoms with van der Waals surface area (Å²) in [6, 6.07) is 0. The van der Waals surface area contributed by atoms with E-state index in [4.69, 9.17) is 9.72 Å². The van der Waals surface area contributed by atoms with E-state index in [1.54, 1.807) is 4.88 Å². The molecule has 0 spiro atoms. The SMILES string of the molecule is CCSc1nc2sc3c(c2c2[n+]1CC(CI)O2)CCCC3.[I-]. The van der Waals surface area contributed by atoms with Gasteiger partial charge in [0, 0.05) is 15.1 Å². The molecule has 4 rings (SSSR count). The van der Waals surface area contributed by atoms with E-state index >= 15 is 0 Å². The van der Waals surface area contributed by atoms with Crippen LogP contribution in [0.1, 0.15) is 30.2 Å². The zero-order chi connectivity index (χ0) is 14.4. The number of rotatable bonds is 3. The number of thiophene rings is 1. The number of alkyl halides is 1. The van der Waals surface area contributed by atoms with Crippen molar-refractivity contribution in [1.82, 2.24) is 4.98 Å². The fourth-order valence-corrected chi connectivity index (χ4v) is 5.72. The second-order valence-electron chi connectivity index (χ2n) is 5.53. The monoisotopic (exact) mass is 560 g/mol. The first kappa shape index (κ1) is 17.5. The normalized spacial score (nSPS) is 19.5. The minimum Gasteiger partial charge on any atom is -1.00 e. The molecular formula is C15H18I2N2OS2. The van der Waals surface area contributed by atoms with Crippen molar-refractivity contribution in [3.8, 4) is 5.88 Å². The molecule has 0 radical (unpaired) electrons. The van der Waals surface area contributed by atoms with E-state index in [9.17, 15) is 0 Å². The predicted molar refractivity (Wildman–Crippen MR) is 96.2 cm³/mol. The van der Waals surface area contributed by atoms with Gasteiger partial charge in [-0.15, -0.1) is 0 Å². The summed E-state index contributed by atoms with van der Waals surface area (Å²) in [6.45, 7) is 3.14. The van der Waals surface area contributed by atoms with Gasteiger partial charge in [-0.1, -0.05) is 40.9 Å². The highest BCUT2D eigenvalue weighted by molar-refractivity contribution is 14.1. The topological polar surface area (TPSA) is 26.0 Å². The lowest BCUT2D eigenvalue weighted by molar-refractivity contribution is -0.720. The van der Waals surface area contributed by atoms with Gasteiger partial charge in [-0.25, -0.2) is 0 Å². The van der Waals surface area contributed by atoms with Gasteiger partial charge in [0.2, 0.25) is 4.83 Å². The second kappa shape index (κ2) is 7.26. The molecule has 1 aliphatic carbocycles. The second-order valence-corrected chi connectivity index (χ2v) is 8.72. The van der Waals surface area contributed by atoms with Gasteiger partial charge < -0.3 is 28.7 Å². The lowest BCUT2D eigenvalue weighted by atomic mass is 9.97. The highest BCUT2D eigenvalue weighted by Crippen LogP contribution is 2.41. The number of ether oxygens (including phenoxy) is 1. The van der Waals surface area contributed by atoms with Gasteiger partial charge in [0.1, 0.15) is 18.0 Å². The average Bonchev–Trinajstić information content (AvgIpc) is 3.07. The number of halogens is 2. The number of thioether (sulfide) groups is 1. The van der Waals surface area contributed by atoms with Crippen LogP contribution in [-0.2, 0) is 19.4 Å². The fraction of sp³-hybridized carbons (Fsp3) is 0.600. The van der Waals surface area contributed by atoms with Crippen LogP contribution in [0.5, 0.6) is 5.88 Å². The maximum absolute atomic E-state index is 6.29. The molecule has 0 bridgehead atoms. The zero-order valence-corrected chi connectivity index (χ0v) is 18.4. The zero-order valence-electron chi connectivity index (χ0n) is 12.4. The molecule has 2 aliphatic rings. The number of hydrogen-bond acceptors (Lipinski definition) is 4. The molecule has 0 aromatic carbocycles. The maximum Gasteiger partial charge on any atom is 0.363 e. The molecule has 1 unspecified atom stereocenters. The average molecular weight is 560 g/mol. The Morgan fingerprint density at radius 2 is 2.23 bits per heavy atom. The third kappa shape index (κ3) is 2.88. The molecule has 2 aromatic rings. The van der Waals surface area contributed by atoms with Crippen molar-refractivity contribution in [1.29, 1.82) is 0 Å². The molecule has 0 fully saturated rings. The minimum atomic E-state index is 0. The van der Waals surface area contributed by atoms with Gasteiger partial charge in [0.15, 0.2) is 0 Å². The van der Waals surface area contributed by atoms with Gasteiger partial charge in [0.25, 0.3) is 5.88 Å². The first-order valence-corrected chi connectivity index (χ1v) is 10.9. The molecule has 120 valence electrons. The Hall–Kier alpha value is 0.650. The minimum absolute atomic E-state index is 0. The van der Waals surface area contributed by atoms with Crippen LogP contribution >= 0.6 is 45.7 Å². The molecular weight excluding hydrogens is 542 g/mol. The van der Waals surface area contributed by atoms with Crippen LogP contribution in [0.2, 0.25) is 0 Å². The highest BCUT2D eigenvalue weighted by atomic mass is 127. The number of aromatic nitrogens is 2. The van der Waals surface area contributed by atoms with Crippen LogP contribution in [-0.4, -0.2) is 21.3 Å². The maximum atomic E-state index is 6.29. The molecule has 0 N–H and O–H groups in total. The van der Waals surface area contributed by atoms with Crippen molar-refractivity contribution in [3.05, 3.63) is 10.4 Å². The summed E-state index contributed by atoms with van der Waals surface area (Å²) in [5, 5.41) is 2.45. The molecule has 3 heterocycles. The van der Waals surface area contributed by atoms with Crippen LogP contribution in [0, 0.1) is 0 Å². The van der Waals surface area contributed by atoms with Crippen LogP contribution in [0.3, 0.4) is 0 Å². The van der Waals surface area contributed by atoms with Crippen molar-refractivity contribution in [2.45, 2.75) is 50.4 Å². The fourth-order valence-electron chi connectivity index (χ4n) is 3.22. The van der Waals surface area contributed by atoms with E-state index in [-0.39, 0.29) is 24.0 Å². The first-order valence-electron chi connectivity index (χ1n) is 7.55. The van der Waals surface area contributed by atoms with Gasteiger partial charge in [-0.2, -0.15) is 4.57 Å². The third-order valence-electron chi connectivity index (χ3n) is 4.15. The van der Waals surface area contributed by atoms with Crippen LogP contribution in [0.25, 0.3) is 10.2 Å². The van der Waals surface area contributed by atoms with Crippen LogP contribution in [0.15, 0.2) is 5.16 Å². The number of nitrogens with zero attached hydrogens (tertiary/aromatic N) is 2. The summed E-state index contributed by atoms with van der Waals surface area (Å²) in [6.07, 6.45) is 5.35. The Labute approximate surface area is 169 Å². The number of hydrogen-bond donors (Lipinski definition) is 0. The van der Waals surface area contributed by atoms with Crippen molar-refractivity contribution >= 4 is 55.9 Å². The summed E-state index contributed by atoms with van der Waals surface area (Å²) >= 11 is 6.15. The molecule has 0 saturated carbocycles. The summed E-state index contributed by atoms with van der Waals surface area (Å²) in [5.74, 6) is 2.15. The Balaban J connectivity index is 0.00000144. The van der Waals surface area contributed by atoms with Crippen LogP contribution < -0.4 is 33.3 Å². The summed E-state index contributed by atoms with van der Waals surface area (Å²) < 4.78 is 9.64. The van der Waals surface area contributed by atoms with Gasteiger partial charge in [-0.05, 0) is 48.0 Å². The predicted octanol–water partition coefficient (Wildman–Crippen LogP) is 0.775. The van der Waals surface area contributed by atoms with Crippen molar-refractivity contribution in [3.63, 3.8) is 0 Å². The summed E-state index contributed by atoms with van der Waals surface area (Å²) in [7, 11) is 0. The van der Waals surface area contributed by atoms with Crippen LogP contribution in [0.4, 0.5) is 0 Å². The largest absolute Gasteiger partial charge is 1.00 e. The van der Waals surface area contributed by atoms with Crippen molar-refractivity contribution in [2.24, 2.45) is 0 Å².